The van der Waals surface area contributed by atoms with E-state index < -0.39 is 17.8 Å². The topological polar surface area (TPSA) is 96.9 Å². The van der Waals surface area contributed by atoms with Gasteiger partial charge in [0.25, 0.3) is 0 Å². The first-order valence-corrected chi connectivity index (χ1v) is 9.68. The highest BCUT2D eigenvalue weighted by Gasteiger charge is 2.29. The van der Waals surface area contributed by atoms with Crippen molar-refractivity contribution in [3.63, 3.8) is 0 Å². The highest BCUT2D eigenvalue weighted by atomic mass is 32.1. The van der Waals surface area contributed by atoms with Crippen molar-refractivity contribution in [2.75, 3.05) is 12.4 Å². The Morgan fingerprint density at radius 3 is 2.50 bits per heavy atom. The minimum Gasteiger partial charge on any atom is -0.465 e. The Balaban J connectivity index is 1.70. The van der Waals surface area contributed by atoms with Crippen LogP contribution in [0.5, 0.6) is 0 Å². The van der Waals surface area contributed by atoms with E-state index in [1.54, 1.807) is 6.92 Å². The predicted octanol–water partition coefficient (Wildman–Crippen LogP) is 2.81. The van der Waals surface area contributed by atoms with Crippen LogP contribution in [0.25, 0.3) is 0 Å². The molecular weight excluding hydrogens is 378 g/mol. The lowest BCUT2D eigenvalue weighted by molar-refractivity contribution is -0.136. The van der Waals surface area contributed by atoms with Gasteiger partial charge in [0, 0.05) is 4.88 Å². The fourth-order valence-electron chi connectivity index (χ4n) is 3.01. The number of rotatable bonds is 4. The van der Waals surface area contributed by atoms with Crippen molar-refractivity contribution in [1.82, 2.24) is 5.43 Å². The van der Waals surface area contributed by atoms with E-state index in [0.717, 1.165) is 40.8 Å². The minimum atomic E-state index is -0.907. The molecule has 2 aromatic rings. The number of hydrogen-bond acceptors (Lipinski definition) is 6. The quantitative estimate of drug-likeness (QED) is 0.358. The zero-order chi connectivity index (χ0) is 20.3. The first-order chi connectivity index (χ1) is 13.4. The average molecular weight is 399 g/mol. The molecule has 1 aliphatic carbocycles. The molecule has 0 fully saturated rings. The van der Waals surface area contributed by atoms with Crippen molar-refractivity contribution in [3.8, 4) is 0 Å². The van der Waals surface area contributed by atoms with E-state index in [1.165, 1.54) is 18.4 Å². The normalized spacial score (nSPS) is 13.0. The third-order valence-corrected chi connectivity index (χ3v) is 5.75. The third kappa shape index (κ3) is 4.12. The van der Waals surface area contributed by atoms with Gasteiger partial charge in [-0.3, -0.25) is 9.59 Å². The summed E-state index contributed by atoms with van der Waals surface area (Å²) >= 11 is 1.31. The number of nitrogens with zero attached hydrogens (tertiary/aromatic N) is 1. The lowest BCUT2D eigenvalue weighted by Gasteiger charge is -2.07. The summed E-state index contributed by atoms with van der Waals surface area (Å²) in [5.41, 5.74) is 6.04. The van der Waals surface area contributed by atoms with Gasteiger partial charge in [0.15, 0.2) is 0 Å². The van der Waals surface area contributed by atoms with Crippen LogP contribution in [0.4, 0.5) is 5.00 Å². The number of anilines is 1. The number of hydrazone groups is 1. The number of carbonyl (C=O) groups is 3. The number of carbonyl (C=O) groups excluding carboxylic acids is 3. The fraction of sp³-hybridized carbons (Fsp3) is 0.300. The number of esters is 1. The van der Waals surface area contributed by atoms with E-state index in [9.17, 15) is 14.4 Å². The van der Waals surface area contributed by atoms with Gasteiger partial charge in [0.05, 0.1) is 18.4 Å². The smallest absolute Gasteiger partial charge is 0.341 e. The lowest BCUT2D eigenvalue weighted by atomic mass is 10.1. The molecule has 1 aromatic carbocycles. The standard InChI is InChI=1S/C20H21N3O4S/c1-11-7-9-13(10-8-11)12(2)22-23-18(25)17(24)21-19-16(20(26)27-3)14-5-4-6-15(14)28-19/h7-10H,4-6H2,1-3H3,(H,21,24)(H,23,25)/b22-12+. The number of methoxy groups -OCH3 is 1. The van der Waals surface area contributed by atoms with Crippen molar-refractivity contribution in [2.24, 2.45) is 5.10 Å². The molecule has 7 nitrogen and oxygen atoms in total. The van der Waals surface area contributed by atoms with E-state index in [2.05, 4.69) is 15.8 Å². The van der Waals surface area contributed by atoms with Crippen LogP contribution in [-0.2, 0) is 27.2 Å². The summed E-state index contributed by atoms with van der Waals surface area (Å²) in [7, 11) is 1.29. The van der Waals surface area contributed by atoms with Gasteiger partial charge in [-0.15, -0.1) is 11.3 Å². The van der Waals surface area contributed by atoms with Crippen LogP contribution in [0.15, 0.2) is 29.4 Å². The maximum atomic E-state index is 12.3. The zero-order valence-corrected chi connectivity index (χ0v) is 16.7. The molecule has 0 aliphatic heterocycles. The Labute approximate surface area is 166 Å². The Morgan fingerprint density at radius 2 is 1.82 bits per heavy atom. The number of benzene rings is 1. The molecule has 2 N–H and O–H groups in total. The van der Waals surface area contributed by atoms with Crippen LogP contribution in [0.1, 0.15) is 45.3 Å². The van der Waals surface area contributed by atoms with Crippen molar-refractivity contribution >= 4 is 39.8 Å². The summed E-state index contributed by atoms with van der Waals surface area (Å²) in [5, 5.41) is 6.85. The second-order valence-corrected chi connectivity index (χ2v) is 7.62. The molecule has 28 heavy (non-hydrogen) atoms. The van der Waals surface area contributed by atoms with Crippen LogP contribution in [0, 0.1) is 6.92 Å². The van der Waals surface area contributed by atoms with Gasteiger partial charge in [0.2, 0.25) is 0 Å². The van der Waals surface area contributed by atoms with Gasteiger partial charge < -0.3 is 10.1 Å². The third-order valence-electron chi connectivity index (χ3n) is 4.54. The molecular formula is C20H21N3O4S. The summed E-state index contributed by atoms with van der Waals surface area (Å²) in [6.45, 7) is 3.72. The molecule has 146 valence electrons. The molecule has 1 heterocycles. The first-order valence-electron chi connectivity index (χ1n) is 8.86. The average Bonchev–Trinajstić information content (AvgIpc) is 3.26. The van der Waals surface area contributed by atoms with Gasteiger partial charge in [-0.25, -0.2) is 10.2 Å². The lowest BCUT2D eigenvalue weighted by Crippen LogP contribution is -2.33. The summed E-state index contributed by atoms with van der Waals surface area (Å²) in [6, 6.07) is 7.65. The molecule has 2 amide bonds. The van der Waals surface area contributed by atoms with Crippen LogP contribution < -0.4 is 10.7 Å². The van der Waals surface area contributed by atoms with Gasteiger partial charge in [-0.2, -0.15) is 5.10 Å². The Hall–Kier alpha value is -3.00. The predicted molar refractivity (Wildman–Crippen MR) is 108 cm³/mol. The van der Waals surface area contributed by atoms with Crippen LogP contribution in [-0.4, -0.2) is 30.6 Å². The molecule has 0 unspecified atom stereocenters. The number of thiophene rings is 1. The van der Waals surface area contributed by atoms with Gasteiger partial charge in [0.1, 0.15) is 5.00 Å². The minimum absolute atomic E-state index is 0.343. The Morgan fingerprint density at radius 1 is 1.11 bits per heavy atom. The van der Waals surface area contributed by atoms with E-state index in [0.29, 0.717) is 16.3 Å². The van der Waals surface area contributed by atoms with Gasteiger partial charge in [-0.05, 0) is 44.2 Å². The number of ether oxygens (including phenoxy) is 1. The summed E-state index contributed by atoms with van der Waals surface area (Å²) in [5.74, 6) is -2.30. The van der Waals surface area contributed by atoms with Crippen LogP contribution in [0.3, 0.4) is 0 Å². The monoisotopic (exact) mass is 399 g/mol. The van der Waals surface area contributed by atoms with E-state index >= 15 is 0 Å². The molecule has 0 saturated carbocycles. The number of hydrogen-bond donors (Lipinski definition) is 2. The van der Waals surface area contributed by atoms with Crippen LogP contribution >= 0.6 is 11.3 Å². The molecule has 3 rings (SSSR count). The summed E-state index contributed by atoms with van der Waals surface area (Å²) in [4.78, 5) is 37.5. The molecule has 0 saturated heterocycles. The van der Waals surface area contributed by atoms with Gasteiger partial charge in [-0.1, -0.05) is 29.8 Å². The molecule has 0 radical (unpaired) electrons. The number of aryl methyl sites for hydroxylation is 2. The fourth-order valence-corrected chi connectivity index (χ4v) is 4.29. The highest BCUT2D eigenvalue weighted by molar-refractivity contribution is 7.17. The van der Waals surface area contributed by atoms with E-state index in [1.807, 2.05) is 31.2 Å². The van der Waals surface area contributed by atoms with Crippen molar-refractivity contribution in [1.29, 1.82) is 0 Å². The summed E-state index contributed by atoms with van der Waals surface area (Å²) in [6.07, 6.45) is 2.58. The van der Waals surface area contributed by atoms with Crippen molar-refractivity contribution < 1.29 is 19.1 Å². The van der Waals surface area contributed by atoms with Gasteiger partial charge >= 0.3 is 17.8 Å². The number of nitrogens with one attached hydrogen (secondary N) is 2. The van der Waals surface area contributed by atoms with Crippen molar-refractivity contribution in [2.45, 2.75) is 33.1 Å². The molecule has 0 atom stereocenters. The second-order valence-electron chi connectivity index (χ2n) is 6.51. The molecule has 0 spiro atoms. The van der Waals surface area contributed by atoms with E-state index in [-0.39, 0.29) is 0 Å². The second kappa shape index (κ2) is 8.35. The highest BCUT2D eigenvalue weighted by Crippen LogP contribution is 2.39. The Kier molecular flexibility index (Phi) is 5.89. The first kappa shape index (κ1) is 19.8. The molecule has 1 aromatic heterocycles. The Bertz CT molecular complexity index is 961. The molecule has 1 aliphatic rings. The van der Waals surface area contributed by atoms with E-state index in [4.69, 9.17) is 4.74 Å². The molecule has 0 bridgehead atoms. The SMILES string of the molecule is COC(=O)c1c(NC(=O)C(=O)N/N=C(\C)c2ccc(C)cc2)sc2c1CCC2. The molecule has 8 heteroatoms. The number of fused-ring (bicyclic) bond motifs is 1. The van der Waals surface area contributed by atoms with Crippen molar-refractivity contribution in [3.05, 3.63) is 51.4 Å². The largest absolute Gasteiger partial charge is 0.465 e. The maximum absolute atomic E-state index is 12.3. The zero-order valence-electron chi connectivity index (χ0n) is 15.9. The maximum Gasteiger partial charge on any atom is 0.341 e. The summed E-state index contributed by atoms with van der Waals surface area (Å²) < 4.78 is 4.83. The number of amides is 2. The van der Waals surface area contributed by atoms with Crippen LogP contribution in [0.2, 0.25) is 0 Å².